The molecule has 40 heavy (non-hydrogen) atoms. The third-order valence-corrected chi connectivity index (χ3v) is 9.49. The van der Waals surface area contributed by atoms with E-state index in [1.807, 2.05) is 66.4 Å². The molecule has 0 unspecified atom stereocenters. The number of fused-ring (bicyclic) bond motifs is 1. The minimum absolute atomic E-state index is 0.0613. The second kappa shape index (κ2) is 10.8. The topological polar surface area (TPSA) is 79.4 Å². The van der Waals surface area contributed by atoms with E-state index in [1.54, 1.807) is 12.1 Å². The lowest BCUT2D eigenvalue weighted by molar-refractivity contribution is -0.120. The largest absolute Gasteiger partial charge is 0.306 e. The molecule has 1 saturated carbocycles. The van der Waals surface area contributed by atoms with Gasteiger partial charge in [-0.05, 0) is 91.3 Å². The Balaban J connectivity index is 1.30. The fourth-order valence-electron chi connectivity index (χ4n) is 5.65. The van der Waals surface area contributed by atoms with Crippen LogP contribution in [0.2, 0.25) is 5.02 Å². The highest BCUT2D eigenvalue weighted by atomic mass is 35.5. The first-order valence-electron chi connectivity index (χ1n) is 13.5. The molecule has 6 nitrogen and oxygen atoms in total. The molecule has 6 rings (SSSR count). The van der Waals surface area contributed by atoms with Crippen molar-refractivity contribution in [2.75, 3.05) is 4.90 Å². The minimum atomic E-state index is -3.78. The molecule has 204 valence electrons. The fourth-order valence-corrected chi connectivity index (χ4v) is 7.20. The summed E-state index contributed by atoms with van der Waals surface area (Å²) in [5.41, 5.74) is 5.61. The molecular formula is C32H30ClN3O3S. The molecule has 1 fully saturated rings. The van der Waals surface area contributed by atoms with Crippen molar-refractivity contribution in [3.63, 3.8) is 0 Å². The van der Waals surface area contributed by atoms with Crippen LogP contribution in [0.5, 0.6) is 0 Å². The fraction of sp³-hybridized carbons (Fsp3) is 0.250. The molecule has 0 bridgehead atoms. The van der Waals surface area contributed by atoms with Crippen molar-refractivity contribution >= 4 is 33.2 Å². The molecule has 0 aliphatic heterocycles. The number of nitrogens with one attached hydrogen (secondary N) is 1. The van der Waals surface area contributed by atoms with Crippen molar-refractivity contribution in [3.05, 3.63) is 124 Å². The Bertz CT molecular complexity index is 1680. The Morgan fingerprint density at radius 2 is 1.80 bits per heavy atom. The summed E-state index contributed by atoms with van der Waals surface area (Å²) in [4.78, 5) is 20.6. The highest BCUT2D eigenvalue weighted by Crippen LogP contribution is 2.49. The normalized spacial score (nSPS) is 19.7. The first-order valence-corrected chi connectivity index (χ1v) is 15.3. The van der Waals surface area contributed by atoms with E-state index in [9.17, 15) is 13.2 Å². The van der Waals surface area contributed by atoms with Crippen molar-refractivity contribution in [2.45, 2.75) is 49.6 Å². The van der Waals surface area contributed by atoms with Crippen LogP contribution >= 0.6 is 11.6 Å². The van der Waals surface area contributed by atoms with Gasteiger partial charge < -0.3 is 4.90 Å². The molecule has 3 atom stereocenters. The zero-order valence-corrected chi connectivity index (χ0v) is 23.7. The lowest BCUT2D eigenvalue weighted by atomic mass is 10.1. The molecule has 2 aliphatic carbocycles. The maximum atomic E-state index is 14.0. The van der Waals surface area contributed by atoms with E-state index < -0.39 is 16.1 Å². The zero-order valence-electron chi connectivity index (χ0n) is 22.1. The first kappa shape index (κ1) is 26.7. The summed E-state index contributed by atoms with van der Waals surface area (Å²) in [6.07, 6.45) is 2.21. The third kappa shape index (κ3) is 5.55. The quantitative estimate of drug-likeness (QED) is 0.267. The van der Waals surface area contributed by atoms with Gasteiger partial charge in [0.15, 0.2) is 0 Å². The Labute approximate surface area is 240 Å². The molecule has 4 aromatic rings. The van der Waals surface area contributed by atoms with Crippen LogP contribution in [0.1, 0.15) is 52.9 Å². The van der Waals surface area contributed by atoms with Gasteiger partial charge in [-0.2, -0.15) is 0 Å². The lowest BCUT2D eigenvalue weighted by Crippen LogP contribution is -2.33. The maximum absolute atomic E-state index is 14.0. The summed E-state index contributed by atoms with van der Waals surface area (Å²) in [6, 6.07) is 27.8. The van der Waals surface area contributed by atoms with Crippen molar-refractivity contribution in [2.24, 2.45) is 5.92 Å². The Morgan fingerprint density at radius 3 is 2.58 bits per heavy atom. The van der Waals surface area contributed by atoms with E-state index in [-0.39, 0.29) is 22.6 Å². The number of amides is 1. The van der Waals surface area contributed by atoms with E-state index in [0.29, 0.717) is 18.0 Å². The number of sulfonamides is 1. The van der Waals surface area contributed by atoms with Crippen molar-refractivity contribution in [1.29, 1.82) is 0 Å². The van der Waals surface area contributed by atoms with Crippen LogP contribution in [-0.2, 0) is 27.8 Å². The summed E-state index contributed by atoms with van der Waals surface area (Å²) in [5, 5.41) is 0.366. The van der Waals surface area contributed by atoms with Crippen LogP contribution in [0.3, 0.4) is 0 Å². The predicted octanol–water partition coefficient (Wildman–Crippen LogP) is 6.35. The number of carbonyl (C=O) groups excluding carboxylic acids is 1. The van der Waals surface area contributed by atoms with Crippen LogP contribution < -0.4 is 9.62 Å². The molecule has 3 aromatic carbocycles. The Morgan fingerprint density at radius 1 is 1.00 bits per heavy atom. The molecular weight excluding hydrogens is 542 g/mol. The molecule has 0 radical (unpaired) electrons. The van der Waals surface area contributed by atoms with E-state index in [1.165, 1.54) is 17.7 Å². The van der Waals surface area contributed by atoms with Crippen molar-refractivity contribution < 1.29 is 13.2 Å². The van der Waals surface area contributed by atoms with Gasteiger partial charge in [-0.1, -0.05) is 60.1 Å². The van der Waals surface area contributed by atoms with Crippen LogP contribution in [-0.4, -0.2) is 19.3 Å². The van der Waals surface area contributed by atoms with Crippen LogP contribution in [0, 0.1) is 12.8 Å². The smallest absolute Gasteiger partial charge is 0.241 e. The van der Waals surface area contributed by atoms with Gasteiger partial charge in [0.2, 0.25) is 15.9 Å². The molecule has 1 amide bonds. The number of aryl methyl sites for hydroxylation is 2. The molecule has 0 spiro atoms. The third-order valence-electron chi connectivity index (χ3n) is 7.79. The number of benzene rings is 3. The second-order valence-electron chi connectivity index (χ2n) is 10.6. The van der Waals surface area contributed by atoms with Gasteiger partial charge in [-0.25, -0.2) is 13.1 Å². The summed E-state index contributed by atoms with van der Waals surface area (Å²) in [7, 11) is -3.78. The van der Waals surface area contributed by atoms with E-state index in [2.05, 4.69) is 21.8 Å². The van der Waals surface area contributed by atoms with E-state index in [0.717, 1.165) is 41.0 Å². The van der Waals surface area contributed by atoms with Crippen LogP contribution in [0.15, 0.2) is 95.9 Å². The second-order valence-corrected chi connectivity index (χ2v) is 12.8. The van der Waals surface area contributed by atoms with Crippen molar-refractivity contribution in [1.82, 2.24) is 9.71 Å². The lowest BCUT2D eigenvalue weighted by Gasteiger charge is -2.25. The van der Waals surface area contributed by atoms with Gasteiger partial charge in [0.1, 0.15) is 0 Å². The Hall–Kier alpha value is -3.52. The van der Waals surface area contributed by atoms with Gasteiger partial charge in [0.25, 0.3) is 0 Å². The van der Waals surface area contributed by atoms with Gasteiger partial charge in [0.05, 0.1) is 17.1 Å². The van der Waals surface area contributed by atoms with Gasteiger partial charge in [-0.15, -0.1) is 0 Å². The van der Waals surface area contributed by atoms with Gasteiger partial charge in [0, 0.05) is 28.4 Å². The minimum Gasteiger partial charge on any atom is -0.306 e. The highest BCUT2D eigenvalue weighted by Gasteiger charge is 2.46. The standard InChI is InChI=1S/C32H30ClN3O3S/c1-21-7-5-11-25(34-21)20-36(32(37)30-19-28(30)22-8-3-2-4-9-22)26-15-13-23-14-16-31(29(23)18-26)35-40(38,39)27-12-6-10-24(33)17-27/h2-13,15,17-18,28,30-31,35H,14,16,19-20H2,1H3/t28-,30+,31-/m1/s1. The number of nitrogens with zero attached hydrogens (tertiary/aromatic N) is 2. The number of anilines is 1. The number of hydrogen-bond acceptors (Lipinski definition) is 4. The molecule has 2 aliphatic rings. The predicted molar refractivity (Wildman–Crippen MR) is 157 cm³/mol. The van der Waals surface area contributed by atoms with E-state index in [4.69, 9.17) is 11.6 Å². The molecule has 8 heteroatoms. The average Bonchev–Trinajstić information content (AvgIpc) is 3.67. The van der Waals surface area contributed by atoms with Crippen LogP contribution in [0.25, 0.3) is 0 Å². The summed E-state index contributed by atoms with van der Waals surface area (Å²) >= 11 is 6.06. The number of halogens is 1. The Kier molecular flexibility index (Phi) is 7.21. The summed E-state index contributed by atoms with van der Waals surface area (Å²) in [6.45, 7) is 2.28. The first-order chi connectivity index (χ1) is 19.3. The molecule has 1 N–H and O–H groups in total. The average molecular weight is 572 g/mol. The van der Waals surface area contributed by atoms with E-state index >= 15 is 0 Å². The SMILES string of the molecule is Cc1cccc(CN(C(=O)[C@H]2C[C@@H]2c2ccccc2)c2ccc3c(c2)[C@H](NS(=O)(=O)c2cccc(Cl)c2)CC3)n1. The van der Waals surface area contributed by atoms with Crippen LogP contribution in [0.4, 0.5) is 5.69 Å². The number of aromatic nitrogens is 1. The molecule has 0 saturated heterocycles. The van der Waals surface area contributed by atoms with Gasteiger partial charge in [-0.3, -0.25) is 9.78 Å². The number of rotatable bonds is 8. The summed E-state index contributed by atoms with van der Waals surface area (Å²) in [5.74, 6) is 0.164. The maximum Gasteiger partial charge on any atom is 0.241 e. The highest BCUT2D eigenvalue weighted by molar-refractivity contribution is 7.89. The molecule has 1 heterocycles. The van der Waals surface area contributed by atoms with Gasteiger partial charge >= 0.3 is 0 Å². The zero-order chi connectivity index (χ0) is 27.9. The molecule has 1 aromatic heterocycles. The number of carbonyl (C=O) groups is 1. The number of hydrogen-bond donors (Lipinski definition) is 1. The van der Waals surface area contributed by atoms with Crippen molar-refractivity contribution in [3.8, 4) is 0 Å². The monoisotopic (exact) mass is 571 g/mol. The number of pyridine rings is 1. The summed E-state index contributed by atoms with van der Waals surface area (Å²) < 4.78 is 29.2.